The topological polar surface area (TPSA) is 75.6 Å². The van der Waals surface area contributed by atoms with Crippen molar-refractivity contribution in [1.82, 2.24) is 5.32 Å². The van der Waals surface area contributed by atoms with Crippen LogP contribution in [0.5, 0.6) is 0 Å². The Labute approximate surface area is 95.5 Å². The first-order chi connectivity index (χ1) is 7.26. The highest BCUT2D eigenvalue weighted by molar-refractivity contribution is 5.80. The molecule has 0 radical (unpaired) electrons. The molecule has 2 N–H and O–H groups in total. The molecule has 0 fully saturated rings. The molecule has 0 rings (SSSR count). The maximum Gasteiger partial charge on any atom is 0.408 e. The molecule has 92 valence electrons. The first kappa shape index (κ1) is 14.5. The van der Waals surface area contributed by atoms with Crippen molar-refractivity contribution in [1.29, 1.82) is 0 Å². The molecule has 5 nitrogen and oxygen atoms in total. The second kappa shape index (κ2) is 6.15. The molecule has 0 aliphatic rings. The molecular weight excluding hydrogens is 210 g/mol. The number of carboxylic acid groups (broad SMARTS) is 1. The average molecular weight is 229 g/mol. The van der Waals surface area contributed by atoms with Gasteiger partial charge < -0.3 is 15.2 Å². The van der Waals surface area contributed by atoms with Crippen LogP contribution < -0.4 is 5.32 Å². The van der Waals surface area contributed by atoms with Crippen LogP contribution in [0.25, 0.3) is 0 Å². The van der Waals surface area contributed by atoms with Crippen LogP contribution in [-0.4, -0.2) is 28.8 Å². The van der Waals surface area contributed by atoms with E-state index in [4.69, 9.17) is 9.84 Å². The highest BCUT2D eigenvalue weighted by atomic mass is 16.6. The number of aliphatic carboxylic acids is 1. The molecule has 0 aromatic rings. The normalized spacial score (nSPS) is 13.5. The van der Waals surface area contributed by atoms with E-state index in [1.54, 1.807) is 39.8 Å². The number of rotatable bonds is 4. The maximum atomic E-state index is 11.3. The van der Waals surface area contributed by atoms with Crippen molar-refractivity contribution in [3.8, 4) is 0 Å². The summed E-state index contributed by atoms with van der Waals surface area (Å²) in [6.07, 6.45) is 2.93. The highest BCUT2D eigenvalue weighted by Crippen LogP contribution is 2.07. The van der Waals surface area contributed by atoms with E-state index in [2.05, 4.69) is 5.32 Å². The SMILES string of the molecule is C/C=C\CC(NC(=O)OC(C)(C)C)C(=O)O. The zero-order chi connectivity index (χ0) is 12.8. The average Bonchev–Trinajstić information content (AvgIpc) is 2.08. The monoisotopic (exact) mass is 229 g/mol. The van der Waals surface area contributed by atoms with Gasteiger partial charge in [-0.15, -0.1) is 0 Å². The second-order valence-corrected chi connectivity index (χ2v) is 4.34. The second-order valence-electron chi connectivity index (χ2n) is 4.34. The quantitative estimate of drug-likeness (QED) is 0.722. The van der Waals surface area contributed by atoms with E-state index >= 15 is 0 Å². The molecule has 16 heavy (non-hydrogen) atoms. The van der Waals surface area contributed by atoms with Gasteiger partial charge in [0.2, 0.25) is 0 Å². The van der Waals surface area contributed by atoms with Gasteiger partial charge in [0.05, 0.1) is 0 Å². The molecule has 0 bridgehead atoms. The molecule has 1 amide bonds. The molecule has 0 aliphatic heterocycles. The molecule has 0 aliphatic carbocycles. The van der Waals surface area contributed by atoms with Crippen LogP contribution in [0.3, 0.4) is 0 Å². The third-order valence-electron chi connectivity index (χ3n) is 1.60. The lowest BCUT2D eigenvalue weighted by Gasteiger charge is -2.21. The predicted octanol–water partition coefficient (Wildman–Crippen LogP) is 1.93. The van der Waals surface area contributed by atoms with Crippen LogP contribution >= 0.6 is 0 Å². The van der Waals surface area contributed by atoms with Crippen LogP contribution in [-0.2, 0) is 9.53 Å². The van der Waals surface area contributed by atoms with Gasteiger partial charge in [0.25, 0.3) is 0 Å². The Bertz CT molecular complexity index is 278. The smallest absolute Gasteiger partial charge is 0.408 e. The van der Waals surface area contributed by atoms with Crippen LogP contribution in [0.2, 0.25) is 0 Å². The lowest BCUT2D eigenvalue weighted by molar-refractivity contribution is -0.139. The Morgan fingerprint density at radius 1 is 1.44 bits per heavy atom. The number of ether oxygens (including phenoxy) is 1. The first-order valence-corrected chi connectivity index (χ1v) is 5.09. The van der Waals surface area contributed by atoms with E-state index in [-0.39, 0.29) is 6.42 Å². The van der Waals surface area contributed by atoms with E-state index in [1.165, 1.54) is 0 Å². The summed E-state index contributed by atoms with van der Waals surface area (Å²) < 4.78 is 4.96. The van der Waals surface area contributed by atoms with E-state index < -0.39 is 23.7 Å². The van der Waals surface area contributed by atoms with Gasteiger partial charge in [0.15, 0.2) is 0 Å². The number of carboxylic acids is 1. The Hall–Kier alpha value is -1.52. The van der Waals surface area contributed by atoms with Crippen LogP contribution in [0, 0.1) is 0 Å². The molecule has 0 spiro atoms. The van der Waals surface area contributed by atoms with Gasteiger partial charge in [-0.1, -0.05) is 12.2 Å². The number of allylic oxidation sites excluding steroid dienone is 1. The van der Waals surface area contributed by atoms with E-state index in [9.17, 15) is 9.59 Å². The Morgan fingerprint density at radius 2 is 2.00 bits per heavy atom. The number of carbonyl (C=O) groups excluding carboxylic acids is 1. The fourth-order valence-corrected chi connectivity index (χ4v) is 0.943. The minimum atomic E-state index is -1.08. The van der Waals surface area contributed by atoms with Crippen molar-refractivity contribution in [3.63, 3.8) is 0 Å². The van der Waals surface area contributed by atoms with Gasteiger partial charge in [0, 0.05) is 0 Å². The minimum Gasteiger partial charge on any atom is -0.480 e. The maximum absolute atomic E-state index is 11.3. The molecule has 1 unspecified atom stereocenters. The van der Waals surface area contributed by atoms with E-state index in [1.807, 2.05) is 0 Å². The standard InChI is InChI=1S/C11H19NO4/c1-5-6-7-8(9(13)14)12-10(15)16-11(2,3)4/h5-6,8H,7H2,1-4H3,(H,12,15)(H,13,14)/b6-5-. The van der Waals surface area contributed by atoms with Gasteiger partial charge >= 0.3 is 12.1 Å². The molecule has 0 aromatic heterocycles. The molecular formula is C11H19NO4. The van der Waals surface area contributed by atoms with E-state index in [0.29, 0.717) is 0 Å². The summed E-state index contributed by atoms with van der Waals surface area (Å²) in [5, 5.41) is 11.1. The highest BCUT2D eigenvalue weighted by Gasteiger charge is 2.22. The van der Waals surface area contributed by atoms with Gasteiger partial charge in [-0.05, 0) is 34.1 Å². The summed E-state index contributed by atoms with van der Waals surface area (Å²) in [6.45, 7) is 6.93. The number of hydrogen-bond acceptors (Lipinski definition) is 3. The molecule has 1 atom stereocenters. The van der Waals surface area contributed by atoms with Crippen molar-refractivity contribution < 1.29 is 19.4 Å². The Morgan fingerprint density at radius 3 is 2.38 bits per heavy atom. The molecule has 5 heteroatoms. The lowest BCUT2D eigenvalue weighted by atomic mass is 10.2. The van der Waals surface area contributed by atoms with Gasteiger partial charge in [-0.2, -0.15) is 0 Å². The number of alkyl carbamates (subject to hydrolysis) is 1. The van der Waals surface area contributed by atoms with Gasteiger partial charge in [-0.3, -0.25) is 0 Å². The first-order valence-electron chi connectivity index (χ1n) is 5.09. The molecule has 0 saturated heterocycles. The number of carbonyl (C=O) groups is 2. The Balaban J connectivity index is 4.29. The van der Waals surface area contributed by atoms with Crippen molar-refractivity contribution in [3.05, 3.63) is 12.2 Å². The molecule has 0 heterocycles. The van der Waals surface area contributed by atoms with Crippen molar-refractivity contribution in [2.45, 2.75) is 45.8 Å². The summed E-state index contributed by atoms with van der Waals surface area (Å²) in [5.74, 6) is -1.08. The Kier molecular flexibility index (Phi) is 5.56. The summed E-state index contributed by atoms with van der Waals surface area (Å²) in [6, 6.07) is -0.953. The third kappa shape index (κ3) is 6.86. The van der Waals surface area contributed by atoms with Crippen LogP contribution in [0.1, 0.15) is 34.1 Å². The zero-order valence-electron chi connectivity index (χ0n) is 10.1. The van der Waals surface area contributed by atoms with Gasteiger partial charge in [0.1, 0.15) is 11.6 Å². The van der Waals surface area contributed by atoms with E-state index in [0.717, 1.165) is 0 Å². The lowest BCUT2D eigenvalue weighted by Crippen LogP contribution is -2.43. The third-order valence-corrected chi connectivity index (χ3v) is 1.60. The predicted molar refractivity (Wildman–Crippen MR) is 60.2 cm³/mol. The molecule has 0 aromatic carbocycles. The minimum absolute atomic E-state index is 0.241. The summed E-state index contributed by atoms with van der Waals surface area (Å²) >= 11 is 0. The largest absolute Gasteiger partial charge is 0.480 e. The van der Waals surface area contributed by atoms with Crippen molar-refractivity contribution in [2.75, 3.05) is 0 Å². The molecule has 0 saturated carbocycles. The summed E-state index contributed by atoms with van der Waals surface area (Å²) in [7, 11) is 0. The van der Waals surface area contributed by atoms with Crippen LogP contribution in [0.4, 0.5) is 4.79 Å². The van der Waals surface area contributed by atoms with Crippen molar-refractivity contribution in [2.24, 2.45) is 0 Å². The fourth-order valence-electron chi connectivity index (χ4n) is 0.943. The van der Waals surface area contributed by atoms with Crippen LogP contribution in [0.15, 0.2) is 12.2 Å². The number of nitrogens with one attached hydrogen (secondary N) is 1. The number of hydrogen-bond donors (Lipinski definition) is 2. The van der Waals surface area contributed by atoms with Crippen molar-refractivity contribution >= 4 is 12.1 Å². The van der Waals surface area contributed by atoms with Gasteiger partial charge in [-0.25, -0.2) is 9.59 Å². The number of amides is 1. The zero-order valence-corrected chi connectivity index (χ0v) is 10.1. The summed E-state index contributed by atoms with van der Waals surface area (Å²) in [4.78, 5) is 22.1. The fraction of sp³-hybridized carbons (Fsp3) is 0.636. The summed E-state index contributed by atoms with van der Waals surface area (Å²) in [5.41, 5.74) is -0.631.